The number of carbonyl (C=O) groups excluding carboxylic acids is 2. The first-order chi connectivity index (χ1) is 25.4. The number of aryl methyl sites for hydroxylation is 4. The number of ether oxygens (including phenoxy) is 2. The van der Waals surface area contributed by atoms with Crippen molar-refractivity contribution in [3.8, 4) is 0 Å². The van der Waals surface area contributed by atoms with E-state index in [4.69, 9.17) is 19.5 Å². The SMILES string of the molecule is C[n+]1cccc(CCC(=O)OCCC/C2=C/Nc3ccccc3N=C/C(CCCOC(=O)CCc3ccc[n+](C)c3)=C\Nc3ccccc3N=C2)c1.[Br-].[Br-]. The average molecular weight is 861 g/mol. The average Bonchev–Trinajstić information content (AvgIpc) is 3.15. The number of halogens is 2. The Labute approximate surface area is 339 Å². The van der Waals surface area contributed by atoms with Crippen LogP contribution >= 0.6 is 0 Å². The van der Waals surface area contributed by atoms with E-state index in [2.05, 4.69) is 10.6 Å². The van der Waals surface area contributed by atoms with Gasteiger partial charge in [0.25, 0.3) is 0 Å². The number of pyridine rings is 2. The first-order valence-corrected chi connectivity index (χ1v) is 17.8. The maximum Gasteiger partial charge on any atom is 0.306 e. The number of allylic oxidation sites excluding steroid dienone is 2. The number of nitrogens with zero attached hydrogens (tertiary/aromatic N) is 4. The third-order valence-electron chi connectivity index (χ3n) is 8.36. The van der Waals surface area contributed by atoms with Gasteiger partial charge in [0.05, 0.1) is 36.0 Å². The molecular weight excluding hydrogens is 812 g/mol. The number of nitrogens with one attached hydrogen (secondary N) is 2. The summed E-state index contributed by atoms with van der Waals surface area (Å²) in [5, 5.41) is 6.84. The summed E-state index contributed by atoms with van der Waals surface area (Å²) in [5.41, 5.74) is 7.34. The Morgan fingerprint density at radius 3 is 1.44 bits per heavy atom. The molecule has 284 valence electrons. The third-order valence-corrected chi connectivity index (χ3v) is 8.36. The van der Waals surface area contributed by atoms with Crippen molar-refractivity contribution in [1.29, 1.82) is 0 Å². The van der Waals surface area contributed by atoms with E-state index in [1.165, 1.54) is 0 Å². The Morgan fingerprint density at radius 1 is 0.593 bits per heavy atom. The van der Waals surface area contributed by atoms with Gasteiger partial charge in [0, 0.05) is 60.9 Å². The summed E-state index contributed by atoms with van der Waals surface area (Å²) in [6.07, 6.45) is 20.1. The molecule has 0 bridgehead atoms. The van der Waals surface area contributed by atoms with Crippen molar-refractivity contribution in [2.75, 3.05) is 23.8 Å². The summed E-state index contributed by atoms with van der Waals surface area (Å²) >= 11 is 0. The fraction of sp³-hybridized carbons (Fsp3) is 0.286. The molecule has 0 fully saturated rings. The van der Waals surface area contributed by atoms with Crippen molar-refractivity contribution in [3.05, 3.63) is 132 Å². The van der Waals surface area contributed by atoms with Crippen molar-refractivity contribution in [3.63, 3.8) is 0 Å². The minimum Gasteiger partial charge on any atom is -1.00 e. The molecule has 0 aliphatic carbocycles. The second-order valence-electron chi connectivity index (χ2n) is 12.7. The Hall–Kier alpha value is -4.94. The standard InChI is InChI=1S/C42H48N6O4.2BrH/c1-47-23-7-11-33(31-47)19-21-41(49)51-25-9-13-35-27-43-37-15-3-5-17-39(37)45-29-36(30-46-40-18-6-4-16-38(40)44-28-35)14-10-26-52-42(50)22-20-34-12-8-24-48(2)32-34;;/h3-8,11-12,15-18,23-24,27-32,43,46H,9-10,13-14,19-22,25-26H2,1-2H3;2*1H/q+2;;/p-2/b35-27-,36-30-,44-28?,45-29?;;. The van der Waals surface area contributed by atoms with Gasteiger partial charge in [0.2, 0.25) is 0 Å². The molecule has 0 atom stereocenters. The van der Waals surface area contributed by atoms with E-state index in [1.807, 2.05) is 146 Å². The second-order valence-corrected chi connectivity index (χ2v) is 12.7. The zero-order chi connectivity index (χ0) is 36.4. The summed E-state index contributed by atoms with van der Waals surface area (Å²) in [6.45, 7) is 0.649. The van der Waals surface area contributed by atoms with Crippen LogP contribution in [0.1, 0.15) is 49.7 Å². The van der Waals surface area contributed by atoms with Gasteiger partial charge in [-0.15, -0.1) is 0 Å². The molecule has 10 nitrogen and oxygen atoms in total. The molecule has 0 saturated carbocycles. The van der Waals surface area contributed by atoms with Crippen LogP contribution < -0.4 is 53.7 Å². The highest BCUT2D eigenvalue weighted by atomic mass is 79.9. The highest BCUT2D eigenvalue weighted by Gasteiger charge is 2.09. The molecule has 4 aromatic rings. The van der Waals surface area contributed by atoms with Crippen molar-refractivity contribution in [1.82, 2.24) is 0 Å². The van der Waals surface area contributed by atoms with Crippen LogP contribution in [0.15, 0.2) is 131 Å². The molecule has 0 spiro atoms. The van der Waals surface area contributed by atoms with E-state index in [-0.39, 0.29) is 45.9 Å². The van der Waals surface area contributed by atoms with Crippen LogP contribution in [-0.2, 0) is 46.0 Å². The molecule has 0 radical (unpaired) electrons. The number of aromatic nitrogens is 2. The highest BCUT2D eigenvalue weighted by Crippen LogP contribution is 2.27. The van der Waals surface area contributed by atoms with Crippen LogP contribution in [0.4, 0.5) is 22.7 Å². The molecule has 0 saturated heterocycles. The highest BCUT2D eigenvalue weighted by molar-refractivity contribution is 5.87. The normalized spacial score (nSPS) is 14.0. The van der Waals surface area contributed by atoms with E-state index in [9.17, 15) is 9.59 Å². The number of hydrogen-bond donors (Lipinski definition) is 2. The number of anilines is 2. The van der Waals surface area contributed by atoms with Gasteiger partial charge in [-0.25, -0.2) is 9.13 Å². The molecule has 1 aliphatic heterocycles. The molecule has 2 N–H and O–H groups in total. The molecule has 0 amide bonds. The first-order valence-electron chi connectivity index (χ1n) is 17.8. The van der Waals surface area contributed by atoms with Gasteiger partial charge in [-0.2, -0.15) is 0 Å². The summed E-state index contributed by atoms with van der Waals surface area (Å²) in [6, 6.07) is 23.7. The maximum atomic E-state index is 12.4. The van der Waals surface area contributed by atoms with Gasteiger partial charge in [-0.1, -0.05) is 24.3 Å². The van der Waals surface area contributed by atoms with Crippen LogP contribution in [0, 0.1) is 0 Å². The lowest BCUT2D eigenvalue weighted by Crippen LogP contribution is -3.00. The predicted octanol–water partition coefficient (Wildman–Crippen LogP) is 0.966. The van der Waals surface area contributed by atoms with E-state index < -0.39 is 0 Å². The molecular formula is C42H48Br2N6O4. The number of aliphatic imine (C=N–C) groups is 2. The summed E-state index contributed by atoms with van der Waals surface area (Å²) in [7, 11) is 3.93. The van der Waals surface area contributed by atoms with E-state index in [1.54, 1.807) is 0 Å². The van der Waals surface area contributed by atoms with Gasteiger partial charge < -0.3 is 54.1 Å². The minimum absolute atomic E-state index is 0. The smallest absolute Gasteiger partial charge is 0.306 e. The number of para-hydroxylation sites is 4. The fourth-order valence-corrected chi connectivity index (χ4v) is 5.57. The largest absolute Gasteiger partial charge is 1.00 e. The van der Waals surface area contributed by atoms with Crippen molar-refractivity contribution in [2.24, 2.45) is 24.1 Å². The number of carbonyl (C=O) groups is 2. The molecule has 54 heavy (non-hydrogen) atoms. The Bertz CT molecular complexity index is 1810. The van der Waals surface area contributed by atoms with Crippen molar-refractivity contribution < 1.29 is 62.2 Å². The molecule has 12 heteroatoms. The number of hydrogen-bond acceptors (Lipinski definition) is 8. The maximum absolute atomic E-state index is 12.4. The van der Waals surface area contributed by atoms with Crippen LogP contribution in [0.2, 0.25) is 0 Å². The molecule has 5 rings (SSSR count). The van der Waals surface area contributed by atoms with Crippen molar-refractivity contribution in [2.45, 2.75) is 51.4 Å². The topological polar surface area (TPSA) is 109 Å². The van der Waals surface area contributed by atoms with E-state index in [0.717, 1.165) is 45.0 Å². The fourth-order valence-electron chi connectivity index (χ4n) is 5.57. The number of fused-ring (bicyclic) bond motifs is 2. The van der Waals surface area contributed by atoms with E-state index >= 15 is 0 Å². The lowest BCUT2D eigenvalue weighted by atomic mass is 10.1. The van der Waals surface area contributed by atoms with E-state index in [0.29, 0.717) is 64.6 Å². The number of benzene rings is 2. The Balaban J connectivity index is 0.00000392. The van der Waals surface area contributed by atoms with Crippen LogP contribution in [0.3, 0.4) is 0 Å². The van der Waals surface area contributed by atoms with Gasteiger partial charge in [-0.3, -0.25) is 19.6 Å². The Morgan fingerprint density at radius 2 is 1.02 bits per heavy atom. The summed E-state index contributed by atoms with van der Waals surface area (Å²) in [4.78, 5) is 34.5. The third kappa shape index (κ3) is 15.2. The van der Waals surface area contributed by atoms with Gasteiger partial charge in [0.1, 0.15) is 14.1 Å². The first kappa shape index (κ1) is 43.5. The lowest BCUT2D eigenvalue weighted by Gasteiger charge is -2.11. The van der Waals surface area contributed by atoms with Crippen LogP contribution in [0.25, 0.3) is 0 Å². The molecule has 3 heterocycles. The predicted molar refractivity (Wildman–Crippen MR) is 205 cm³/mol. The van der Waals surface area contributed by atoms with Gasteiger partial charge in [0.15, 0.2) is 24.8 Å². The molecule has 0 unspecified atom stereocenters. The molecule has 1 aliphatic rings. The molecule has 2 aromatic carbocycles. The number of rotatable bonds is 14. The lowest BCUT2D eigenvalue weighted by molar-refractivity contribution is -0.672. The zero-order valence-electron chi connectivity index (χ0n) is 30.8. The van der Waals surface area contributed by atoms with Gasteiger partial charge >= 0.3 is 11.9 Å². The number of esters is 2. The summed E-state index contributed by atoms with van der Waals surface area (Å²) in [5.74, 6) is -0.404. The Kier molecular flexibility index (Phi) is 19.1. The van der Waals surface area contributed by atoms with Crippen molar-refractivity contribution >= 4 is 47.1 Å². The molecule has 2 aromatic heterocycles. The summed E-state index contributed by atoms with van der Waals surface area (Å²) < 4.78 is 15.1. The quantitative estimate of drug-likeness (QED) is 0.111. The van der Waals surface area contributed by atoms with Gasteiger partial charge in [-0.05, 0) is 86.1 Å². The second kappa shape index (κ2) is 23.7. The van der Waals surface area contributed by atoms with Crippen LogP contribution in [0.5, 0.6) is 0 Å². The van der Waals surface area contributed by atoms with Crippen LogP contribution in [-0.4, -0.2) is 37.6 Å². The monoisotopic (exact) mass is 858 g/mol. The zero-order valence-corrected chi connectivity index (χ0v) is 34.0. The minimum atomic E-state index is -0.202.